The molecule has 7 nitrogen and oxygen atoms in total. The fourth-order valence-corrected chi connectivity index (χ4v) is 3.69. The summed E-state index contributed by atoms with van der Waals surface area (Å²) in [5.74, 6) is -5.52. The number of carboxylic acids is 1. The van der Waals surface area contributed by atoms with E-state index < -0.39 is 70.3 Å². The Kier molecular flexibility index (Phi) is 7.25. The number of benzene rings is 2. The second kappa shape index (κ2) is 9.72. The number of aromatic hydroxyl groups is 1. The Labute approximate surface area is 201 Å². The highest BCUT2D eigenvalue weighted by Gasteiger charge is 2.60. The Hall–Kier alpha value is -3.74. The van der Waals surface area contributed by atoms with Gasteiger partial charge in [0, 0.05) is 5.92 Å². The molecule has 14 heteroatoms. The number of esters is 1. The van der Waals surface area contributed by atoms with E-state index in [-0.39, 0.29) is 16.5 Å². The lowest BCUT2D eigenvalue weighted by Crippen LogP contribution is -2.45. The molecule has 2 N–H and O–H groups in total. The van der Waals surface area contributed by atoms with E-state index in [2.05, 4.69) is 4.74 Å². The third-order valence-corrected chi connectivity index (χ3v) is 5.29. The summed E-state index contributed by atoms with van der Waals surface area (Å²) in [6.07, 6.45) is -17.1. The van der Waals surface area contributed by atoms with Gasteiger partial charge < -0.3 is 19.4 Å². The lowest BCUT2D eigenvalue weighted by atomic mass is 9.87. The molecule has 0 aliphatic rings. The van der Waals surface area contributed by atoms with Gasteiger partial charge in [-0.3, -0.25) is 4.79 Å². The summed E-state index contributed by atoms with van der Waals surface area (Å²) in [5, 5.41) is 19.4. The Morgan fingerprint density at radius 3 is 2.19 bits per heavy atom. The summed E-state index contributed by atoms with van der Waals surface area (Å²) in [4.78, 5) is 36.1. The molecule has 0 aliphatic carbocycles. The number of carboxylic acid groups (broad SMARTS) is 1. The van der Waals surface area contributed by atoms with Crippen molar-refractivity contribution in [1.82, 2.24) is 0 Å². The van der Waals surface area contributed by atoms with Crippen molar-refractivity contribution in [3.8, 4) is 5.75 Å². The van der Waals surface area contributed by atoms with Crippen LogP contribution < -0.4 is 5.63 Å². The zero-order valence-electron chi connectivity index (χ0n) is 17.5. The van der Waals surface area contributed by atoms with E-state index in [0.29, 0.717) is 6.07 Å². The predicted molar refractivity (Wildman–Crippen MR) is 111 cm³/mol. The summed E-state index contributed by atoms with van der Waals surface area (Å²) in [6, 6.07) is 8.29. The molecular weight excluding hydrogens is 526 g/mol. The molecule has 0 bridgehead atoms. The lowest BCUT2D eigenvalue weighted by molar-refractivity contribution is -0.307. The quantitative estimate of drug-likeness (QED) is 0.245. The van der Waals surface area contributed by atoms with Gasteiger partial charge in [-0.2, -0.15) is 26.3 Å². The molecule has 1 atom stereocenters. The average molecular weight is 539 g/mol. The molecule has 36 heavy (non-hydrogen) atoms. The van der Waals surface area contributed by atoms with Gasteiger partial charge in [0.1, 0.15) is 11.3 Å². The van der Waals surface area contributed by atoms with Crippen molar-refractivity contribution in [2.75, 3.05) is 0 Å². The van der Waals surface area contributed by atoms with E-state index in [1.165, 1.54) is 24.3 Å². The van der Waals surface area contributed by atoms with Crippen LogP contribution in [0, 0.1) is 0 Å². The minimum atomic E-state index is -5.95. The van der Waals surface area contributed by atoms with Crippen LogP contribution in [-0.2, 0) is 9.53 Å². The first-order chi connectivity index (χ1) is 16.6. The Morgan fingerprint density at radius 1 is 1.03 bits per heavy atom. The zero-order valence-corrected chi connectivity index (χ0v) is 18.2. The van der Waals surface area contributed by atoms with Crippen LogP contribution >= 0.6 is 11.6 Å². The highest BCUT2D eigenvalue weighted by Crippen LogP contribution is 2.39. The first kappa shape index (κ1) is 26.9. The molecule has 0 spiro atoms. The van der Waals surface area contributed by atoms with Crippen molar-refractivity contribution >= 4 is 34.5 Å². The van der Waals surface area contributed by atoms with Crippen LogP contribution in [0.2, 0.25) is 5.02 Å². The molecule has 0 saturated heterocycles. The maximum atomic E-state index is 12.7. The summed E-state index contributed by atoms with van der Waals surface area (Å²) < 4.78 is 85.0. The lowest BCUT2D eigenvalue weighted by Gasteiger charge is -2.23. The first-order valence-electron chi connectivity index (χ1n) is 9.71. The Balaban J connectivity index is 2.05. The third kappa shape index (κ3) is 5.56. The van der Waals surface area contributed by atoms with E-state index >= 15 is 0 Å². The molecule has 1 heterocycles. The molecule has 1 unspecified atom stereocenters. The first-order valence-corrected chi connectivity index (χ1v) is 10.1. The second-order valence-corrected chi connectivity index (χ2v) is 7.81. The molecule has 192 valence electrons. The number of alkyl halides is 6. The number of hydrogen-bond acceptors (Lipinski definition) is 6. The largest absolute Gasteiger partial charge is 0.507 e. The molecular formula is C22H13ClF6O7. The maximum absolute atomic E-state index is 12.7. The van der Waals surface area contributed by atoms with Crippen molar-refractivity contribution < 1.29 is 55.3 Å². The molecule has 0 radical (unpaired) electrons. The van der Waals surface area contributed by atoms with E-state index in [9.17, 15) is 50.9 Å². The molecule has 0 saturated carbocycles. The van der Waals surface area contributed by atoms with Crippen LogP contribution in [0.4, 0.5) is 26.3 Å². The summed E-state index contributed by atoms with van der Waals surface area (Å²) >= 11 is 5.90. The SMILES string of the molecule is O=C(O)CC(c1ccc(C(=O)OC(C(F)(F)F)C(F)(F)F)c(Cl)c1)c1c(O)c2ccccc2oc1=O. The van der Waals surface area contributed by atoms with Gasteiger partial charge in [0.05, 0.1) is 28.0 Å². The minimum Gasteiger partial charge on any atom is -0.507 e. The predicted octanol–water partition coefficient (Wildman–Crippen LogP) is 5.41. The van der Waals surface area contributed by atoms with Gasteiger partial charge in [0.2, 0.25) is 0 Å². The van der Waals surface area contributed by atoms with Crippen molar-refractivity contribution in [2.24, 2.45) is 0 Å². The van der Waals surface area contributed by atoms with E-state index in [0.717, 1.165) is 12.1 Å². The van der Waals surface area contributed by atoms with Crippen LogP contribution in [0.5, 0.6) is 5.75 Å². The van der Waals surface area contributed by atoms with Crippen LogP contribution in [0.3, 0.4) is 0 Å². The smallest absolute Gasteiger partial charge is 0.434 e. The fourth-order valence-electron chi connectivity index (χ4n) is 3.42. The van der Waals surface area contributed by atoms with E-state index in [4.69, 9.17) is 16.0 Å². The van der Waals surface area contributed by atoms with Crippen molar-refractivity contribution in [2.45, 2.75) is 30.8 Å². The average Bonchev–Trinajstić information content (AvgIpc) is 2.74. The van der Waals surface area contributed by atoms with Gasteiger partial charge in [-0.05, 0) is 29.8 Å². The Morgan fingerprint density at radius 2 is 1.64 bits per heavy atom. The van der Waals surface area contributed by atoms with Gasteiger partial charge >= 0.3 is 29.9 Å². The number of halogens is 7. The molecule has 3 aromatic rings. The molecule has 3 rings (SSSR count). The number of aliphatic carboxylic acids is 1. The van der Waals surface area contributed by atoms with Crippen LogP contribution in [0.15, 0.2) is 51.7 Å². The number of carbonyl (C=O) groups excluding carboxylic acids is 1. The summed E-state index contributed by atoms with van der Waals surface area (Å²) in [5.41, 5.74) is -2.59. The monoisotopic (exact) mass is 538 g/mol. The maximum Gasteiger partial charge on any atom is 0.434 e. The van der Waals surface area contributed by atoms with Crippen molar-refractivity contribution in [1.29, 1.82) is 0 Å². The minimum absolute atomic E-state index is 0.00201. The summed E-state index contributed by atoms with van der Waals surface area (Å²) in [7, 11) is 0. The van der Waals surface area contributed by atoms with Crippen LogP contribution in [-0.4, -0.2) is 40.6 Å². The van der Waals surface area contributed by atoms with Crippen molar-refractivity contribution in [3.05, 3.63) is 74.6 Å². The number of hydrogen-bond donors (Lipinski definition) is 2. The summed E-state index contributed by atoms with van der Waals surface area (Å²) in [6.45, 7) is 0. The number of ether oxygens (including phenoxy) is 1. The standard InChI is InChI=1S/C22H13ClF6O7/c23-13-7-9(5-6-10(13)18(33)36-20(21(24,25)26)22(27,28)29)12(8-15(30)31)16-17(32)11-3-1-2-4-14(11)35-19(16)34/h1-7,12,20,32H,8H2,(H,30,31). The van der Waals surface area contributed by atoms with E-state index in [1.54, 1.807) is 0 Å². The van der Waals surface area contributed by atoms with E-state index in [1.807, 2.05) is 0 Å². The highest BCUT2D eigenvalue weighted by atomic mass is 35.5. The van der Waals surface area contributed by atoms with Crippen LogP contribution in [0.25, 0.3) is 11.0 Å². The second-order valence-electron chi connectivity index (χ2n) is 7.41. The van der Waals surface area contributed by atoms with Gasteiger partial charge in [-0.15, -0.1) is 0 Å². The normalized spacial score (nSPS) is 13.1. The fraction of sp³-hybridized carbons (Fsp3) is 0.227. The number of rotatable bonds is 6. The van der Waals surface area contributed by atoms with Gasteiger partial charge in [-0.1, -0.05) is 29.8 Å². The topological polar surface area (TPSA) is 114 Å². The molecule has 0 fully saturated rings. The van der Waals surface area contributed by atoms with Crippen molar-refractivity contribution in [3.63, 3.8) is 0 Å². The number of para-hydroxylation sites is 1. The molecule has 0 aliphatic heterocycles. The molecule has 0 amide bonds. The number of carbonyl (C=O) groups is 2. The zero-order chi connectivity index (χ0) is 27.0. The third-order valence-electron chi connectivity index (χ3n) is 4.98. The van der Waals surface area contributed by atoms with Gasteiger partial charge in [0.25, 0.3) is 6.10 Å². The highest BCUT2D eigenvalue weighted by molar-refractivity contribution is 6.33. The van der Waals surface area contributed by atoms with Gasteiger partial charge in [0.15, 0.2) is 0 Å². The number of fused-ring (bicyclic) bond motifs is 1. The Bertz CT molecular complexity index is 1370. The van der Waals surface area contributed by atoms with Crippen LogP contribution in [0.1, 0.15) is 33.8 Å². The molecule has 2 aromatic carbocycles. The molecule has 1 aromatic heterocycles. The van der Waals surface area contributed by atoms with Gasteiger partial charge in [-0.25, -0.2) is 9.59 Å².